The maximum Gasteiger partial charge on any atom is 0.186 e. The molecule has 1 saturated carbocycles. The highest BCUT2D eigenvalue weighted by Crippen LogP contribution is 2.39. The standard InChI is InChI=1S/C25H30N6S/c26-11-17-3-5-19(6-4-17)23-24(22(12-27)16-28-13-18-1-2-18)32-25(30-23)31-9-7-20-14-29-15-21(20)8-10-31/h3-6,12,16,18,20-21,27-29H,1-2,7-10,13-15H2/b22-16+,27-12?/t20-,21+. The van der Waals surface area contributed by atoms with E-state index in [0.717, 1.165) is 77.3 Å². The van der Waals surface area contributed by atoms with Gasteiger partial charge in [0, 0.05) is 43.2 Å². The van der Waals surface area contributed by atoms with Crippen molar-refractivity contribution in [3.05, 3.63) is 40.9 Å². The van der Waals surface area contributed by atoms with Gasteiger partial charge in [0.25, 0.3) is 0 Å². The van der Waals surface area contributed by atoms with Crippen molar-refractivity contribution >= 4 is 28.3 Å². The Morgan fingerprint density at radius 2 is 1.91 bits per heavy atom. The van der Waals surface area contributed by atoms with Crippen molar-refractivity contribution in [1.29, 1.82) is 10.7 Å². The molecule has 3 aliphatic rings. The first-order chi connectivity index (χ1) is 15.7. The zero-order valence-corrected chi connectivity index (χ0v) is 19.1. The molecule has 3 heterocycles. The van der Waals surface area contributed by atoms with E-state index >= 15 is 0 Å². The second-order valence-corrected chi connectivity index (χ2v) is 10.2. The molecule has 2 saturated heterocycles. The molecule has 1 aromatic carbocycles. The third kappa shape index (κ3) is 4.57. The second-order valence-electron chi connectivity index (χ2n) is 9.20. The molecule has 6 nitrogen and oxygen atoms in total. The van der Waals surface area contributed by atoms with Crippen LogP contribution in [-0.2, 0) is 0 Å². The zero-order chi connectivity index (χ0) is 21.9. The number of anilines is 1. The molecule has 0 amide bonds. The number of fused-ring (bicyclic) bond motifs is 1. The molecule has 0 radical (unpaired) electrons. The Morgan fingerprint density at radius 1 is 1.19 bits per heavy atom. The van der Waals surface area contributed by atoms with Crippen LogP contribution in [-0.4, -0.2) is 43.9 Å². The van der Waals surface area contributed by atoms with Gasteiger partial charge in [-0.3, -0.25) is 0 Å². The maximum atomic E-state index is 9.17. The molecule has 0 bridgehead atoms. The molecule has 5 rings (SSSR count). The number of nitriles is 1. The van der Waals surface area contributed by atoms with Crippen LogP contribution in [0, 0.1) is 34.5 Å². The van der Waals surface area contributed by atoms with E-state index in [-0.39, 0.29) is 0 Å². The highest BCUT2D eigenvalue weighted by molar-refractivity contribution is 7.17. The third-order valence-electron chi connectivity index (χ3n) is 6.97. The minimum Gasteiger partial charge on any atom is -0.390 e. The molecular weight excluding hydrogens is 416 g/mol. The minimum atomic E-state index is 0.646. The molecule has 3 fully saturated rings. The average Bonchev–Trinajstić information content (AvgIpc) is 3.45. The van der Waals surface area contributed by atoms with Gasteiger partial charge in [0.2, 0.25) is 0 Å². The minimum absolute atomic E-state index is 0.646. The normalized spacial score (nSPS) is 23.3. The van der Waals surface area contributed by atoms with E-state index in [0.29, 0.717) is 5.56 Å². The lowest BCUT2D eigenvalue weighted by molar-refractivity contribution is 0.409. The Bertz CT molecular complexity index is 1020. The van der Waals surface area contributed by atoms with E-state index in [1.54, 1.807) is 11.3 Å². The summed E-state index contributed by atoms with van der Waals surface area (Å²) < 4.78 is 0. The van der Waals surface area contributed by atoms with Crippen LogP contribution in [0.1, 0.15) is 36.1 Å². The van der Waals surface area contributed by atoms with E-state index in [1.165, 1.54) is 31.9 Å². The first-order valence-electron chi connectivity index (χ1n) is 11.7. The van der Waals surface area contributed by atoms with Crippen molar-refractivity contribution in [2.24, 2.45) is 17.8 Å². The van der Waals surface area contributed by atoms with Crippen LogP contribution >= 0.6 is 11.3 Å². The lowest BCUT2D eigenvalue weighted by Crippen LogP contribution is -2.25. The number of nitrogens with one attached hydrogen (secondary N) is 3. The fraction of sp³-hybridized carbons (Fsp3) is 0.480. The van der Waals surface area contributed by atoms with E-state index in [2.05, 4.69) is 21.6 Å². The summed E-state index contributed by atoms with van der Waals surface area (Å²) in [5.41, 5.74) is 3.41. The molecule has 3 N–H and O–H groups in total. The summed E-state index contributed by atoms with van der Waals surface area (Å²) in [6.07, 6.45) is 8.42. The summed E-state index contributed by atoms with van der Waals surface area (Å²) in [7, 11) is 0. The highest BCUT2D eigenvalue weighted by Gasteiger charge is 2.31. The van der Waals surface area contributed by atoms with Crippen molar-refractivity contribution in [1.82, 2.24) is 15.6 Å². The molecule has 1 aliphatic carbocycles. The van der Waals surface area contributed by atoms with Crippen LogP contribution in [0.4, 0.5) is 5.13 Å². The maximum absolute atomic E-state index is 9.17. The van der Waals surface area contributed by atoms with E-state index in [9.17, 15) is 5.26 Å². The lowest BCUT2D eigenvalue weighted by atomic mass is 9.92. The molecule has 1 aromatic heterocycles. The molecule has 166 valence electrons. The van der Waals surface area contributed by atoms with Crippen LogP contribution in [0.15, 0.2) is 30.5 Å². The van der Waals surface area contributed by atoms with Gasteiger partial charge in [-0.1, -0.05) is 23.5 Å². The summed E-state index contributed by atoms with van der Waals surface area (Å²) >= 11 is 1.69. The van der Waals surface area contributed by atoms with E-state index < -0.39 is 0 Å². The third-order valence-corrected chi connectivity index (χ3v) is 8.14. The smallest absolute Gasteiger partial charge is 0.186 e. The molecular formula is C25H30N6S. The van der Waals surface area contributed by atoms with Gasteiger partial charge in [0.15, 0.2) is 5.13 Å². The van der Waals surface area contributed by atoms with Gasteiger partial charge in [-0.2, -0.15) is 5.26 Å². The van der Waals surface area contributed by atoms with Gasteiger partial charge in [0.1, 0.15) is 0 Å². The summed E-state index contributed by atoms with van der Waals surface area (Å²) in [6, 6.07) is 9.82. The molecule has 2 aliphatic heterocycles. The van der Waals surface area contributed by atoms with E-state index in [4.69, 9.17) is 10.4 Å². The molecule has 2 atom stereocenters. The van der Waals surface area contributed by atoms with Crippen molar-refractivity contribution in [3.8, 4) is 17.3 Å². The second kappa shape index (κ2) is 9.43. The van der Waals surface area contributed by atoms with Gasteiger partial charge in [0.05, 0.1) is 22.2 Å². The van der Waals surface area contributed by atoms with Gasteiger partial charge in [-0.05, 0) is 68.7 Å². The fourth-order valence-corrected chi connectivity index (χ4v) is 5.90. The van der Waals surface area contributed by atoms with Gasteiger partial charge in [-0.15, -0.1) is 0 Å². The topological polar surface area (TPSA) is 87.8 Å². The molecule has 32 heavy (non-hydrogen) atoms. The van der Waals surface area contributed by atoms with E-state index in [1.807, 2.05) is 30.5 Å². The number of hydrogen-bond acceptors (Lipinski definition) is 7. The first kappa shape index (κ1) is 21.2. The monoisotopic (exact) mass is 446 g/mol. The fourth-order valence-electron chi connectivity index (χ4n) is 4.78. The van der Waals surface area contributed by atoms with Crippen LogP contribution in [0.25, 0.3) is 16.8 Å². The largest absolute Gasteiger partial charge is 0.390 e. The summed E-state index contributed by atoms with van der Waals surface area (Å²) in [6.45, 7) is 5.33. The predicted octanol–water partition coefficient (Wildman–Crippen LogP) is 4.11. The molecule has 2 aromatic rings. The first-order valence-corrected chi connectivity index (χ1v) is 12.5. The number of aromatic nitrogens is 1. The Labute approximate surface area is 193 Å². The number of hydrogen-bond donors (Lipinski definition) is 3. The highest BCUT2D eigenvalue weighted by atomic mass is 32.1. The summed E-state index contributed by atoms with van der Waals surface area (Å²) in [4.78, 5) is 8.56. The van der Waals surface area contributed by atoms with Gasteiger partial charge < -0.3 is 20.9 Å². The Hall–Kier alpha value is -2.69. The molecule has 0 spiro atoms. The molecule has 7 heteroatoms. The number of rotatable bonds is 7. The van der Waals surface area contributed by atoms with Crippen molar-refractivity contribution in [2.45, 2.75) is 25.7 Å². The lowest BCUT2D eigenvalue weighted by Gasteiger charge is -2.19. The quantitative estimate of drug-likeness (QED) is 0.557. The number of thiazole rings is 1. The predicted molar refractivity (Wildman–Crippen MR) is 131 cm³/mol. The van der Waals surface area contributed by atoms with Crippen molar-refractivity contribution in [2.75, 3.05) is 37.6 Å². The number of allylic oxidation sites excluding steroid dienone is 1. The summed E-state index contributed by atoms with van der Waals surface area (Å²) in [5.74, 6) is 2.33. The van der Waals surface area contributed by atoms with Crippen LogP contribution in [0.5, 0.6) is 0 Å². The number of nitrogens with zero attached hydrogens (tertiary/aromatic N) is 3. The zero-order valence-electron chi connectivity index (χ0n) is 18.3. The Kier molecular flexibility index (Phi) is 6.24. The van der Waals surface area contributed by atoms with Gasteiger partial charge >= 0.3 is 0 Å². The average molecular weight is 447 g/mol. The van der Waals surface area contributed by atoms with Crippen LogP contribution in [0.2, 0.25) is 0 Å². The van der Waals surface area contributed by atoms with Crippen molar-refractivity contribution < 1.29 is 0 Å². The Morgan fingerprint density at radius 3 is 2.53 bits per heavy atom. The SMILES string of the molecule is N#Cc1ccc(-c2nc(N3CC[C@@H]4CNC[C@@H]4CC3)sc2/C(C=N)=C/NCC2CC2)cc1. The van der Waals surface area contributed by atoms with Crippen LogP contribution < -0.4 is 15.5 Å². The number of benzene rings is 1. The van der Waals surface area contributed by atoms with Crippen molar-refractivity contribution in [3.63, 3.8) is 0 Å². The van der Waals surface area contributed by atoms with Gasteiger partial charge in [-0.25, -0.2) is 4.98 Å². The molecule has 0 unspecified atom stereocenters. The van der Waals surface area contributed by atoms with Crippen LogP contribution in [0.3, 0.4) is 0 Å². The summed E-state index contributed by atoms with van der Waals surface area (Å²) in [5, 5.41) is 25.3. The Balaban J connectivity index is 1.46.